The van der Waals surface area contributed by atoms with Crippen LogP contribution in [0.3, 0.4) is 0 Å². The predicted molar refractivity (Wildman–Crippen MR) is 180 cm³/mol. The fraction of sp³-hybridized carbons (Fsp3) is 0.929. The van der Waals surface area contributed by atoms with Gasteiger partial charge in [-0.25, -0.2) is 0 Å². The van der Waals surface area contributed by atoms with Crippen molar-refractivity contribution in [1.29, 1.82) is 0 Å². The molecule has 0 saturated carbocycles. The van der Waals surface area contributed by atoms with Gasteiger partial charge >= 0.3 is 0 Å². The van der Waals surface area contributed by atoms with E-state index in [9.17, 15) is 0 Å². The Hall–Kier alpha value is 0.744. The second-order valence-electron chi connectivity index (χ2n) is 17.7. The van der Waals surface area contributed by atoms with Crippen molar-refractivity contribution in [2.45, 2.75) is 168 Å². The lowest BCUT2D eigenvalue weighted by molar-refractivity contribution is 0.198. The summed E-state index contributed by atoms with van der Waals surface area (Å²) in [7, 11) is -6.81. The minimum atomic E-state index is -1.96. The van der Waals surface area contributed by atoms with E-state index in [1.165, 1.54) is 5.20 Å². The van der Waals surface area contributed by atoms with Crippen LogP contribution in [0.15, 0.2) is 11.8 Å². The minimum absolute atomic E-state index is 0.121. The Balaban J connectivity index is 8.27. The van der Waals surface area contributed by atoms with E-state index < -0.39 is 32.9 Å². The Morgan fingerprint density at radius 3 is 0.686 bits per heavy atom. The van der Waals surface area contributed by atoms with Gasteiger partial charge in [0.25, 0.3) is 0 Å². The summed E-state index contributed by atoms with van der Waals surface area (Å²) in [6.07, 6.45) is 0. The minimum Gasteiger partial charge on any atom is -0.325 e. The van der Waals surface area contributed by atoms with Crippen LogP contribution in [0.25, 0.3) is 0 Å². The molecule has 0 aromatic rings. The number of hydrogen-bond acceptors (Lipinski definition) is 2. The molecule has 0 rings (SSSR count). The van der Waals surface area contributed by atoms with Crippen LogP contribution in [0.4, 0.5) is 0 Å². The van der Waals surface area contributed by atoms with Gasteiger partial charge in [-0.05, 0) is 27.1 Å². The number of rotatable bonds is 7. The van der Waals surface area contributed by atoms with Gasteiger partial charge in [0.15, 0.2) is 0 Å². The van der Waals surface area contributed by atoms with Crippen LogP contribution in [-0.4, -0.2) is 57.3 Å². The maximum Gasteiger partial charge on any atom is 0.122 e. The predicted octanol–water partition coefficient (Wildman–Crippen LogP) is 9.21. The smallest absolute Gasteiger partial charge is 0.122 e. The highest BCUT2D eigenvalue weighted by atomic mass is 28.4. The van der Waals surface area contributed by atoms with Crippen LogP contribution in [0.2, 0.25) is 72.5 Å². The molecular weight excluding hydrogens is 505 g/mol. The SMILES string of the molecule is C=C([SiH3])C(C)(N([Si](C)(C)C(C)(C)C)[Si](C)(C)C(C)(C)C)N([Si](C)(C)C(C)(C)C)[Si](C)(C)C(C)(C)C. The Labute approximate surface area is 230 Å². The van der Waals surface area contributed by atoms with Gasteiger partial charge < -0.3 is 8.46 Å². The highest BCUT2D eigenvalue weighted by Gasteiger charge is 2.65. The molecule has 0 saturated heterocycles. The third kappa shape index (κ3) is 6.01. The first-order chi connectivity index (χ1) is 14.7. The quantitative estimate of drug-likeness (QED) is 0.221. The zero-order chi connectivity index (χ0) is 29.2. The van der Waals surface area contributed by atoms with E-state index in [-0.39, 0.29) is 25.8 Å². The van der Waals surface area contributed by atoms with Crippen LogP contribution >= 0.6 is 0 Å². The summed E-state index contributed by atoms with van der Waals surface area (Å²) < 4.78 is 6.48. The van der Waals surface area contributed by atoms with Crippen LogP contribution in [0, 0.1) is 0 Å². The summed E-state index contributed by atoms with van der Waals surface area (Å²) in [5.41, 5.74) is -0.121. The van der Waals surface area contributed by atoms with Gasteiger partial charge in [-0.15, -0.1) is 6.58 Å². The lowest BCUT2D eigenvalue weighted by Crippen LogP contribution is -2.86. The highest BCUT2D eigenvalue weighted by molar-refractivity contribution is 6.96. The molecule has 0 aliphatic heterocycles. The van der Waals surface area contributed by atoms with Gasteiger partial charge in [-0.2, -0.15) is 0 Å². The lowest BCUT2D eigenvalue weighted by Gasteiger charge is -2.72. The number of nitrogens with zero attached hydrogens (tertiary/aromatic N) is 2. The Morgan fingerprint density at radius 2 is 0.600 bits per heavy atom. The van der Waals surface area contributed by atoms with Crippen molar-refractivity contribution in [3.05, 3.63) is 11.8 Å². The molecule has 0 N–H and O–H groups in total. The molecule has 35 heavy (non-hydrogen) atoms. The Bertz CT molecular complexity index is 661. The van der Waals surface area contributed by atoms with Crippen molar-refractivity contribution in [3.63, 3.8) is 0 Å². The molecule has 0 atom stereocenters. The second kappa shape index (κ2) is 9.74. The van der Waals surface area contributed by atoms with Crippen molar-refractivity contribution < 1.29 is 0 Å². The second-order valence-corrected chi connectivity index (χ2v) is 40.1. The average Bonchev–Trinajstić information content (AvgIpc) is 2.48. The molecule has 0 spiro atoms. The molecule has 0 aliphatic carbocycles. The van der Waals surface area contributed by atoms with Crippen molar-refractivity contribution in [1.82, 2.24) is 8.46 Å². The molecule has 210 valence electrons. The highest BCUT2D eigenvalue weighted by Crippen LogP contribution is 2.57. The summed E-state index contributed by atoms with van der Waals surface area (Å²) in [5, 5.41) is 2.50. The standard InChI is InChI=1S/C28H68N2Si5/c1-23(31)28(14,29(32(15,16)24(2,3)4)33(17,18)25(5,6)7)30(34(19,20)26(8,9)10)35(21,22)27(11,12)13/h1H2,2-22,31H3. The zero-order valence-electron chi connectivity index (χ0n) is 28.6. The van der Waals surface area contributed by atoms with Gasteiger partial charge in [-0.1, -0.05) is 141 Å². The van der Waals surface area contributed by atoms with E-state index in [0.29, 0.717) is 0 Å². The normalized spacial score (nSPS) is 16.4. The molecule has 0 heterocycles. The van der Waals surface area contributed by atoms with Crippen LogP contribution in [-0.2, 0) is 0 Å². The molecule has 0 aliphatic rings. The molecule has 0 amide bonds. The monoisotopic (exact) mass is 572 g/mol. The first kappa shape index (κ1) is 35.7. The topological polar surface area (TPSA) is 6.48 Å². The van der Waals surface area contributed by atoms with E-state index in [4.69, 9.17) is 6.58 Å². The third-order valence-corrected chi connectivity index (χ3v) is 39.8. The van der Waals surface area contributed by atoms with Crippen molar-refractivity contribution in [2.75, 3.05) is 0 Å². The maximum atomic E-state index is 4.92. The molecule has 0 unspecified atom stereocenters. The lowest BCUT2D eigenvalue weighted by atomic mass is 10.2. The van der Waals surface area contributed by atoms with Gasteiger partial charge in [-0.3, -0.25) is 0 Å². The van der Waals surface area contributed by atoms with E-state index in [2.05, 4.69) is 151 Å². The first-order valence-corrected chi connectivity index (χ1v) is 26.7. The summed E-state index contributed by atoms with van der Waals surface area (Å²) in [6, 6.07) is 0. The Morgan fingerprint density at radius 1 is 0.457 bits per heavy atom. The van der Waals surface area contributed by atoms with Gasteiger partial charge in [0.2, 0.25) is 0 Å². The van der Waals surface area contributed by atoms with Crippen LogP contribution in [0.5, 0.6) is 0 Å². The molecule has 2 nitrogen and oxygen atoms in total. The molecule has 0 radical (unpaired) electrons. The molecule has 0 bridgehead atoms. The number of hydrogen-bond donors (Lipinski definition) is 0. The summed E-state index contributed by atoms with van der Waals surface area (Å²) >= 11 is 0. The van der Waals surface area contributed by atoms with Crippen LogP contribution in [0.1, 0.15) is 90.0 Å². The Kier molecular flexibility index (Phi) is 9.94. The van der Waals surface area contributed by atoms with E-state index in [0.717, 1.165) is 10.2 Å². The van der Waals surface area contributed by atoms with E-state index in [1.54, 1.807) is 0 Å². The van der Waals surface area contributed by atoms with Crippen LogP contribution < -0.4 is 0 Å². The van der Waals surface area contributed by atoms with Gasteiger partial charge in [0.1, 0.15) is 32.9 Å². The van der Waals surface area contributed by atoms with Crippen molar-refractivity contribution in [3.8, 4) is 0 Å². The van der Waals surface area contributed by atoms with Crippen molar-refractivity contribution >= 4 is 43.2 Å². The molecule has 0 fully saturated rings. The summed E-state index contributed by atoms with van der Waals surface area (Å²) in [6.45, 7) is 59.1. The fourth-order valence-corrected chi connectivity index (χ4v) is 30.5. The molecular formula is C28H68N2Si5. The molecule has 0 aromatic carbocycles. The van der Waals surface area contributed by atoms with E-state index in [1.807, 2.05) is 0 Å². The van der Waals surface area contributed by atoms with Crippen molar-refractivity contribution in [2.24, 2.45) is 0 Å². The van der Waals surface area contributed by atoms with E-state index >= 15 is 0 Å². The fourth-order valence-electron chi connectivity index (χ4n) is 5.40. The molecule has 7 heteroatoms. The van der Waals surface area contributed by atoms with Gasteiger partial charge in [0.05, 0.1) is 5.66 Å². The average molecular weight is 573 g/mol. The zero-order valence-corrected chi connectivity index (χ0v) is 34.6. The largest absolute Gasteiger partial charge is 0.325 e. The molecule has 0 aromatic heterocycles. The third-order valence-electron chi connectivity index (χ3n) is 11.3. The summed E-state index contributed by atoms with van der Waals surface area (Å²) in [5.74, 6) is 0. The summed E-state index contributed by atoms with van der Waals surface area (Å²) in [4.78, 5) is 0. The first-order valence-electron chi connectivity index (χ1n) is 13.9. The maximum absolute atomic E-state index is 4.92. The van der Waals surface area contributed by atoms with Gasteiger partial charge in [0, 0.05) is 10.2 Å².